The van der Waals surface area contributed by atoms with Crippen LogP contribution in [0.2, 0.25) is 0 Å². The first-order valence-electron chi connectivity index (χ1n) is 6.28. The number of rotatable bonds is 3. The van der Waals surface area contributed by atoms with E-state index in [1.807, 2.05) is 18.2 Å². The van der Waals surface area contributed by atoms with Crippen LogP contribution in [0.3, 0.4) is 0 Å². The molecule has 1 atom stereocenters. The van der Waals surface area contributed by atoms with Gasteiger partial charge in [0.2, 0.25) is 0 Å². The molecule has 0 radical (unpaired) electrons. The number of hydrogen-bond acceptors (Lipinski definition) is 2. The second kappa shape index (κ2) is 4.74. The van der Waals surface area contributed by atoms with Gasteiger partial charge in [-0.1, -0.05) is 24.3 Å². The molecule has 3 rings (SSSR count). The Hall–Kier alpha value is -2.34. The second-order valence-corrected chi connectivity index (χ2v) is 4.82. The summed E-state index contributed by atoms with van der Waals surface area (Å²) in [5.41, 5.74) is 3.77. The molecule has 3 heteroatoms. The van der Waals surface area contributed by atoms with Gasteiger partial charge in [0.05, 0.1) is 11.6 Å². The van der Waals surface area contributed by atoms with Crippen LogP contribution in [0.5, 0.6) is 0 Å². The van der Waals surface area contributed by atoms with E-state index in [1.54, 1.807) is 6.07 Å². The van der Waals surface area contributed by atoms with Gasteiger partial charge in [-0.15, -0.1) is 0 Å². The van der Waals surface area contributed by atoms with Crippen molar-refractivity contribution in [2.75, 3.05) is 11.9 Å². The maximum absolute atomic E-state index is 13.3. The third-order valence-electron chi connectivity index (χ3n) is 3.54. The molecular formula is C16H13FN2. The van der Waals surface area contributed by atoms with Crippen molar-refractivity contribution in [3.8, 4) is 6.07 Å². The zero-order valence-electron chi connectivity index (χ0n) is 10.4. The number of fused-ring (bicyclic) bond motifs is 1. The van der Waals surface area contributed by atoms with E-state index in [0.717, 1.165) is 13.0 Å². The molecule has 0 aromatic heterocycles. The maximum Gasteiger partial charge on any atom is 0.126 e. The van der Waals surface area contributed by atoms with Crippen LogP contribution in [0.1, 0.15) is 22.6 Å². The largest absolute Gasteiger partial charge is 0.384 e. The Morgan fingerprint density at radius 3 is 2.89 bits per heavy atom. The predicted octanol–water partition coefficient (Wildman–Crippen LogP) is 3.45. The van der Waals surface area contributed by atoms with E-state index < -0.39 is 0 Å². The van der Waals surface area contributed by atoms with Crippen LogP contribution in [0.15, 0.2) is 42.5 Å². The predicted molar refractivity (Wildman–Crippen MR) is 72.5 cm³/mol. The fourth-order valence-electron chi connectivity index (χ4n) is 2.54. The number of halogens is 1. The molecule has 0 aliphatic heterocycles. The minimum absolute atomic E-state index is 0.344. The summed E-state index contributed by atoms with van der Waals surface area (Å²) in [6, 6.07) is 14.7. The van der Waals surface area contributed by atoms with Gasteiger partial charge >= 0.3 is 0 Å². The first kappa shape index (κ1) is 11.7. The van der Waals surface area contributed by atoms with E-state index in [9.17, 15) is 4.39 Å². The molecule has 0 bridgehead atoms. The van der Waals surface area contributed by atoms with Crippen molar-refractivity contribution < 1.29 is 4.39 Å². The molecule has 0 spiro atoms. The molecule has 0 saturated heterocycles. The molecule has 0 saturated carbocycles. The Morgan fingerprint density at radius 2 is 2.11 bits per heavy atom. The molecule has 1 aliphatic rings. The average Bonchev–Trinajstić information content (AvgIpc) is 2.39. The van der Waals surface area contributed by atoms with E-state index in [4.69, 9.17) is 5.26 Å². The lowest BCUT2D eigenvalue weighted by Crippen LogP contribution is -2.24. The highest BCUT2D eigenvalue weighted by Gasteiger charge is 2.24. The Morgan fingerprint density at radius 1 is 1.26 bits per heavy atom. The molecule has 19 heavy (non-hydrogen) atoms. The highest BCUT2D eigenvalue weighted by molar-refractivity contribution is 5.51. The van der Waals surface area contributed by atoms with Gasteiger partial charge in [0.1, 0.15) is 5.82 Å². The molecule has 94 valence electrons. The molecule has 2 aromatic rings. The lowest BCUT2D eigenvalue weighted by molar-refractivity contribution is 0.623. The summed E-state index contributed by atoms with van der Waals surface area (Å²) in [7, 11) is 0. The topological polar surface area (TPSA) is 35.8 Å². The summed E-state index contributed by atoms with van der Waals surface area (Å²) >= 11 is 0. The van der Waals surface area contributed by atoms with Crippen molar-refractivity contribution in [1.29, 1.82) is 5.26 Å². The summed E-state index contributed by atoms with van der Waals surface area (Å²) in [5, 5.41) is 12.0. The summed E-state index contributed by atoms with van der Waals surface area (Å²) < 4.78 is 13.3. The Bertz CT molecular complexity index is 658. The lowest BCUT2D eigenvalue weighted by atomic mass is 9.77. The van der Waals surface area contributed by atoms with E-state index in [1.165, 1.54) is 23.3 Å². The quantitative estimate of drug-likeness (QED) is 0.908. The molecule has 2 aromatic carbocycles. The van der Waals surface area contributed by atoms with E-state index in [0.29, 0.717) is 17.2 Å². The van der Waals surface area contributed by atoms with Gasteiger partial charge in [-0.25, -0.2) is 4.39 Å². The minimum atomic E-state index is -0.379. The van der Waals surface area contributed by atoms with Crippen LogP contribution in [0.25, 0.3) is 0 Å². The highest BCUT2D eigenvalue weighted by atomic mass is 19.1. The third kappa shape index (κ3) is 2.30. The lowest BCUT2D eigenvalue weighted by Gasteiger charge is -2.30. The van der Waals surface area contributed by atoms with Crippen molar-refractivity contribution in [2.45, 2.75) is 12.3 Å². The Kier molecular flexibility index (Phi) is 2.92. The Balaban J connectivity index is 1.68. The molecular weight excluding hydrogens is 239 g/mol. The summed E-state index contributed by atoms with van der Waals surface area (Å²) in [5.74, 6) is 0.0977. The van der Waals surface area contributed by atoms with E-state index >= 15 is 0 Å². The normalized spacial score (nSPS) is 16.1. The smallest absolute Gasteiger partial charge is 0.126 e. The van der Waals surface area contributed by atoms with Crippen LogP contribution in [0.4, 0.5) is 10.1 Å². The zero-order chi connectivity index (χ0) is 13.2. The first-order chi connectivity index (χ1) is 9.26. The Labute approximate surface area is 111 Å². The maximum atomic E-state index is 13.3. The molecule has 1 unspecified atom stereocenters. The van der Waals surface area contributed by atoms with Gasteiger partial charge in [-0.2, -0.15) is 5.26 Å². The molecule has 0 heterocycles. The summed E-state index contributed by atoms with van der Waals surface area (Å²) in [6.45, 7) is 0.769. The van der Waals surface area contributed by atoms with E-state index in [2.05, 4.69) is 17.4 Å². The summed E-state index contributed by atoms with van der Waals surface area (Å²) in [4.78, 5) is 0. The van der Waals surface area contributed by atoms with Gasteiger partial charge in [0.15, 0.2) is 0 Å². The van der Waals surface area contributed by atoms with E-state index in [-0.39, 0.29) is 5.82 Å². The number of nitrogens with zero attached hydrogens (tertiary/aromatic N) is 1. The van der Waals surface area contributed by atoms with Crippen LogP contribution >= 0.6 is 0 Å². The second-order valence-electron chi connectivity index (χ2n) is 4.82. The number of hydrogen-bond donors (Lipinski definition) is 1. The van der Waals surface area contributed by atoms with Crippen molar-refractivity contribution in [1.82, 2.24) is 0 Å². The van der Waals surface area contributed by atoms with Gasteiger partial charge in [0.25, 0.3) is 0 Å². The zero-order valence-corrected chi connectivity index (χ0v) is 10.4. The fraction of sp³-hybridized carbons (Fsp3) is 0.188. The minimum Gasteiger partial charge on any atom is -0.384 e. The van der Waals surface area contributed by atoms with Gasteiger partial charge in [-0.3, -0.25) is 0 Å². The van der Waals surface area contributed by atoms with Crippen LogP contribution in [-0.4, -0.2) is 6.54 Å². The number of anilines is 1. The number of benzene rings is 2. The van der Waals surface area contributed by atoms with Crippen LogP contribution in [0, 0.1) is 17.1 Å². The monoisotopic (exact) mass is 252 g/mol. The first-order valence-corrected chi connectivity index (χ1v) is 6.28. The number of nitrogens with one attached hydrogen (secondary N) is 1. The highest BCUT2D eigenvalue weighted by Crippen LogP contribution is 2.34. The summed E-state index contributed by atoms with van der Waals surface area (Å²) in [6.07, 6.45) is 1.06. The average molecular weight is 252 g/mol. The van der Waals surface area contributed by atoms with Gasteiger partial charge < -0.3 is 5.32 Å². The third-order valence-corrected chi connectivity index (χ3v) is 3.54. The molecule has 0 amide bonds. The molecule has 2 nitrogen and oxygen atoms in total. The van der Waals surface area contributed by atoms with Crippen molar-refractivity contribution in [2.24, 2.45) is 0 Å². The van der Waals surface area contributed by atoms with Gasteiger partial charge in [-0.05, 0) is 35.7 Å². The van der Waals surface area contributed by atoms with Crippen molar-refractivity contribution in [3.05, 3.63) is 65.0 Å². The SMILES string of the molecule is N#Cc1cc(F)cc(NCC2Cc3ccccc32)c1. The van der Waals surface area contributed by atoms with Crippen LogP contribution < -0.4 is 5.32 Å². The molecule has 0 fully saturated rings. The molecule has 1 aliphatic carbocycles. The standard InChI is InChI=1S/C16H13FN2/c17-14-5-11(9-18)6-15(8-14)19-10-13-7-12-3-1-2-4-16(12)13/h1-6,8,13,19H,7,10H2. The van der Waals surface area contributed by atoms with Gasteiger partial charge in [0, 0.05) is 18.2 Å². The van der Waals surface area contributed by atoms with Crippen LogP contribution in [-0.2, 0) is 6.42 Å². The fourth-order valence-corrected chi connectivity index (χ4v) is 2.54. The number of nitriles is 1. The molecule has 1 N–H and O–H groups in total. The van der Waals surface area contributed by atoms with Crippen molar-refractivity contribution >= 4 is 5.69 Å². The van der Waals surface area contributed by atoms with Crippen molar-refractivity contribution in [3.63, 3.8) is 0 Å².